The lowest BCUT2D eigenvalue weighted by Crippen LogP contribution is -2.14. The Labute approximate surface area is 79.5 Å². The van der Waals surface area contributed by atoms with Gasteiger partial charge in [-0.1, -0.05) is 31.3 Å². The van der Waals surface area contributed by atoms with E-state index in [9.17, 15) is 0 Å². The van der Waals surface area contributed by atoms with Crippen molar-refractivity contribution in [3.63, 3.8) is 0 Å². The number of hydrogen-bond donors (Lipinski definition) is 1. The van der Waals surface area contributed by atoms with E-state index < -0.39 is 0 Å². The summed E-state index contributed by atoms with van der Waals surface area (Å²) in [6.45, 7) is 4.12. The lowest BCUT2D eigenvalue weighted by molar-refractivity contribution is 0.408. The van der Waals surface area contributed by atoms with Crippen molar-refractivity contribution in [3.8, 4) is 0 Å². The van der Waals surface area contributed by atoms with Crippen LogP contribution in [0.1, 0.15) is 38.3 Å². The summed E-state index contributed by atoms with van der Waals surface area (Å²) in [7, 11) is 0. The van der Waals surface area contributed by atoms with E-state index in [0.717, 1.165) is 18.8 Å². The van der Waals surface area contributed by atoms with Crippen molar-refractivity contribution >= 4 is 0 Å². The molecule has 0 fully saturated rings. The molecule has 1 aromatic heterocycles. The number of aromatic nitrogens is 1. The van der Waals surface area contributed by atoms with Gasteiger partial charge in [-0.3, -0.25) is 0 Å². The second-order valence-electron chi connectivity index (χ2n) is 3.23. The average molecular weight is 182 g/mol. The molecule has 1 heterocycles. The summed E-state index contributed by atoms with van der Waals surface area (Å²) in [6.07, 6.45) is 6.82. The van der Waals surface area contributed by atoms with E-state index >= 15 is 0 Å². The molecule has 0 aliphatic heterocycles. The molecular formula is C10H18N2O. The summed E-state index contributed by atoms with van der Waals surface area (Å²) in [4.78, 5) is 0. The van der Waals surface area contributed by atoms with Crippen molar-refractivity contribution in [1.29, 1.82) is 0 Å². The molecule has 1 rings (SSSR count). The zero-order valence-electron chi connectivity index (χ0n) is 8.25. The monoisotopic (exact) mass is 182 g/mol. The first kappa shape index (κ1) is 10.3. The third-order valence-electron chi connectivity index (χ3n) is 2.00. The molecular weight excluding hydrogens is 164 g/mol. The highest BCUT2D eigenvalue weighted by atomic mass is 16.5. The minimum absolute atomic E-state index is 0.822. The molecule has 0 unspecified atom stereocenters. The summed E-state index contributed by atoms with van der Waals surface area (Å²) < 4.78 is 4.72. The van der Waals surface area contributed by atoms with Crippen LogP contribution < -0.4 is 5.32 Å². The fourth-order valence-electron chi connectivity index (χ4n) is 1.22. The van der Waals surface area contributed by atoms with Gasteiger partial charge in [-0.25, -0.2) is 0 Å². The van der Waals surface area contributed by atoms with Crippen LogP contribution in [-0.2, 0) is 6.54 Å². The molecule has 0 radical (unpaired) electrons. The van der Waals surface area contributed by atoms with Crippen LogP contribution in [0.4, 0.5) is 0 Å². The fourth-order valence-corrected chi connectivity index (χ4v) is 1.22. The summed E-state index contributed by atoms with van der Waals surface area (Å²) in [5.74, 6) is 0. The second-order valence-corrected chi connectivity index (χ2v) is 3.23. The summed E-state index contributed by atoms with van der Waals surface area (Å²) in [6, 6.07) is 1.89. The van der Waals surface area contributed by atoms with E-state index in [1.54, 1.807) is 6.26 Å². The molecule has 0 atom stereocenters. The zero-order valence-corrected chi connectivity index (χ0v) is 8.25. The van der Waals surface area contributed by atoms with E-state index in [-0.39, 0.29) is 0 Å². The summed E-state index contributed by atoms with van der Waals surface area (Å²) >= 11 is 0. The summed E-state index contributed by atoms with van der Waals surface area (Å²) in [5.41, 5.74) is 0.982. The molecule has 0 saturated carbocycles. The van der Waals surface area contributed by atoms with Gasteiger partial charge in [0.2, 0.25) is 0 Å². The third-order valence-corrected chi connectivity index (χ3v) is 2.00. The molecule has 3 nitrogen and oxygen atoms in total. The van der Waals surface area contributed by atoms with Crippen molar-refractivity contribution in [3.05, 3.63) is 18.0 Å². The van der Waals surface area contributed by atoms with Crippen molar-refractivity contribution in [2.75, 3.05) is 6.54 Å². The van der Waals surface area contributed by atoms with Gasteiger partial charge < -0.3 is 9.84 Å². The molecule has 0 aromatic carbocycles. The molecule has 74 valence electrons. The number of nitrogens with one attached hydrogen (secondary N) is 1. The molecule has 3 heteroatoms. The van der Waals surface area contributed by atoms with Crippen molar-refractivity contribution in [2.24, 2.45) is 0 Å². The zero-order chi connectivity index (χ0) is 9.36. The van der Waals surface area contributed by atoms with Gasteiger partial charge in [-0.15, -0.1) is 0 Å². The molecule has 13 heavy (non-hydrogen) atoms. The summed E-state index contributed by atoms with van der Waals surface area (Å²) in [5, 5.41) is 7.14. The Morgan fingerprint density at radius 1 is 1.38 bits per heavy atom. The van der Waals surface area contributed by atoms with Crippen LogP contribution in [0.5, 0.6) is 0 Å². The van der Waals surface area contributed by atoms with Gasteiger partial charge in [-0.2, -0.15) is 0 Å². The first-order valence-corrected chi connectivity index (χ1v) is 5.03. The molecule has 0 aliphatic rings. The largest absolute Gasteiger partial charge is 0.364 e. The van der Waals surface area contributed by atoms with Gasteiger partial charge >= 0.3 is 0 Å². The van der Waals surface area contributed by atoms with Gasteiger partial charge in [0.1, 0.15) is 6.26 Å². The topological polar surface area (TPSA) is 38.1 Å². The molecule has 0 spiro atoms. The first-order chi connectivity index (χ1) is 6.43. The van der Waals surface area contributed by atoms with Crippen molar-refractivity contribution in [2.45, 2.75) is 39.2 Å². The second kappa shape index (κ2) is 6.66. The third kappa shape index (κ3) is 4.68. The quantitative estimate of drug-likeness (QED) is 0.658. The predicted octanol–water partition coefficient (Wildman–Crippen LogP) is 2.34. The van der Waals surface area contributed by atoms with Gasteiger partial charge in [0.15, 0.2) is 0 Å². The molecule has 0 saturated heterocycles. The molecule has 1 aromatic rings. The van der Waals surface area contributed by atoms with Crippen LogP contribution in [-0.4, -0.2) is 11.7 Å². The number of unbranched alkanes of at least 4 members (excludes halogenated alkanes) is 3. The lowest BCUT2D eigenvalue weighted by Gasteiger charge is -2.00. The van der Waals surface area contributed by atoms with Crippen molar-refractivity contribution in [1.82, 2.24) is 10.5 Å². The maximum absolute atomic E-state index is 4.72. The molecule has 0 amide bonds. The Kier molecular flexibility index (Phi) is 5.25. The Morgan fingerprint density at radius 3 is 3.00 bits per heavy atom. The molecule has 0 bridgehead atoms. The normalized spacial score (nSPS) is 10.5. The van der Waals surface area contributed by atoms with E-state index in [4.69, 9.17) is 4.52 Å². The first-order valence-electron chi connectivity index (χ1n) is 5.03. The maximum atomic E-state index is 4.72. The highest BCUT2D eigenvalue weighted by Crippen LogP contribution is 1.98. The standard InChI is InChI=1S/C10H18N2O/c1-2-3-4-5-7-11-9-10-6-8-13-12-10/h6,8,11H,2-5,7,9H2,1H3. The van der Waals surface area contributed by atoms with Crippen LogP contribution in [0.15, 0.2) is 16.9 Å². The van der Waals surface area contributed by atoms with Gasteiger partial charge in [0.05, 0.1) is 5.69 Å². The van der Waals surface area contributed by atoms with E-state index in [1.807, 2.05) is 6.07 Å². The molecule has 1 N–H and O–H groups in total. The van der Waals surface area contributed by atoms with Crippen molar-refractivity contribution < 1.29 is 4.52 Å². The number of hydrogen-bond acceptors (Lipinski definition) is 3. The van der Waals surface area contributed by atoms with Crippen LogP contribution in [0.2, 0.25) is 0 Å². The SMILES string of the molecule is CCCCCCNCc1ccon1. The van der Waals surface area contributed by atoms with Crippen LogP contribution in [0.25, 0.3) is 0 Å². The van der Waals surface area contributed by atoms with Gasteiger partial charge in [0.25, 0.3) is 0 Å². The Bertz CT molecular complexity index is 197. The number of rotatable bonds is 7. The maximum Gasteiger partial charge on any atom is 0.124 e. The minimum Gasteiger partial charge on any atom is -0.364 e. The van der Waals surface area contributed by atoms with Gasteiger partial charge in [0, 0.05) is 12.6 Å². The van der Waals surface area contributed by atoms with Crippen LogP contribution in [0.3, 0.4) is 0 Å². The lowest BCUT2D eigenvalue weighted by atomic mass is 10.2. The highest BCUT2D eigenvalue weighted by molar-refractivity contribution is 4.93. The predicted molar refractivity (Wildman–Crippen MR) is 52.4 cm³/mol. The minimum atomic E-state index is 0.822. The van der Waals surface area contributed by atoms with E-state index in [2.05, 4.69) is 17.4 Å². The van der Waals surface area contributed by atoms with Crippen LogP contribution in [0, 0.1) is 0 Å². The Hall–Kier alpha value is -0.830. The Balaban J connectivity index is 1.90. The molecule has 0 aliphatic carbocycles. The average Bonchev–Trinajstić information content (AvgIpc) is 2.63. The van der Waals surface area contributed by atoms with Crippen LogP contribution >= 0.6 is 0 Å². The highest BCUT2D eigenvalue weighted by Gasteiger charge is 1.94. The smallest absolute Gasteiger partial charge is 0.124 e. The number of nitrogens with zero attached hydrogens (tertiary/aromatic N) is 1. The fraction of sp³-hybridized carbons (Fsp3) is 0.700. The Morgan fingerprint density at radius 2 is 2.31 bits per heavy atom. The van der Waals surface area contributed by atoms with E-state index in [1.165, 1.54) is 25.7 Å². The van der Waals surface area contributed by atoms with E-state index in [0.29, 0.717) is 0 Å². The van der Waals surface area contributed by atoms with Gasteiger partial charge in [-0.05, 0) is 13.0 Å².